The van der Waals surface area contributed by atoms with Crippen LogP contribution in [0, 0.1) is 5.92 Å². The first kappa shape index (κ1) is 12.3. The number of nitrogens with zero attached hydrogens (tertiary/aromatic N) is 1. The molecule has 94 valence electrons. The lowest BCUT2D eigenvalue weighted by Gasteiger charge is -2.45. The minimum Gasteiger partial charge on any atom is -0.396 e. The monoisotopic (exact) mass is 226 g/mol. The number of likely N-dealkylation sites (tertiary alicyclic amines) is 1. The van der Waals surface area contributed by atoms with Crippen molar-refractivity contribution in [2.75, 3.05) is 19.7 Å². The molecule has 2 fully saturated rings. The topological polar surface area (TPSA) is 49.5 Å². The molecule has 2 rings (SSSR count). The lowest BCUT2D eigenvalue weighted by atomic mass is 9.78. The molecule has 3 nitrogen and oxygen atoms in total. The van der Waals surface area contributed by atoms with Gasteiger partial charge in [0.25, 0.3) is 0 Å². The van der Waals surface area contributed by atoms with Gasteiger partial charge in [-0.2, -0.15) is 0 Å². The van der Waals surface area contributed by atoms with Crippen molar-refractivity contribution in [3.05, 3.63) is 0 Å². The van der Waals surface area contributed by atoms with Crippen LogP contribution in [-0.4, -0.2) is 41.8 Å². The molecule has 0 aromatic carbocycles. The average molecular weight is 226 g/mol. The molecule has 3 N–H and O–H groups in total. The first-order valence-electron chi connectivity index (χ1n) is 6.91. The molecule has 1 heterocycles. The Bertz CT molecular complexity index is 208. The van der Waals surface area contributed by atoms with Gasteiger partial charge in [-0.1, -0.05) is 12.8 Å². The van der Waals surface area contributed by atoms with E-state index in [4.69, 9.17) is 10.8 Å². The van der Waals surface area contributed by atoms with Crippen LogP contribution in [0.25, 0.3) is 0 Å². The highest BCUT2D eigenvalue weighted by molar-refractivity contribution is 4.88. The van der Waals surface area contributed by atoms with Crippen molar-refractivity contribution >= 4 is 0 Å². The zero-order valence-electron chi connectivity index (χ0n) is 10.3. The van der Waals surface area contributed by atoms with E-state index in [9.17, 15) is 0 Å². The summed E-state index contributed by atoms with van der Waals surface area (Å²) in [5, 5.41) is 8.90. The summed E-state index contributed by atoms with van der Waals surface area (Å²) in [5.41, 5.74) is 6.04. The maximum absolute atomic E-state index is 8.90. The quantitative estimate of drug-likeness (QED) is 0.761. The molecule has 1 aliphatic carbocycles. The van der Waals surface area contributed by atoms with Gasteiger partial charge in [-0.15, -0.1) is 0 Å². The summed E-state index contributed by atoms with van der Waals surface area (Å²) < 4.78 is 0. The van der Waals surface area contributed by atoms with Gasteiger partial charge in [-0.3, -0.25) is 4.90 Å². The molecule has 1 saturated carbocycles. The highest BCUT2D eigenvalue weighted by Crippen LogP contribution is 2.35. The van der Waals surface area contributed by atoms with Crippen LogP contribution in [0.1, 0.15) is 44.9 Å². The smallest absolute Gasteiger partial charge is 0.0446 e. The van der Waals surface area contributed by atoms with Crippen molar-refractivity contribution in [2.45, 2.75) is 57.0 Å². The molecule has 3 unspecified atom stereocenters. The minimum absolute atomic E-state index is 0.158. The summed E-state index contributed by atoms with van der Waals surface area (Å²) in [6.07, 6.45) is 9.13. The maximum atomic E-state index is 8.90. The van der Waals surface area contributed by atoms with Gasteiger partial charge in [-0.25, -0.2) is 0 Å². The molecule has 1 saturated heterocycles. The van der Waals surface area contributed by atoms with Crippen molar-refractivity contribution in [1.29, 1.82) is 0 Å². The van der Waals surface area contributed by atoms with Crippen LogP contribution in [-0.2, 0) is 0 Å². The van der Waals surface area contributed by atoms with Gasteiger partial charge in [0.1, 0.15) is 0 Å². The highest BCUT2D eigenvalue weighted by Gasteiger charge is 2.33. The van der Waals surface area contributed by atoms with Gasteiger partial charge in [-0.05, 0) is 44.6 Å². The van der Waals surface area contributed by atoms with E-state index in [1.165, 1.54) is 45.1 Å². The van der Waals surface area contributed by atoms with E-state index < -0.39 is 0 Å². The molecule has 0 aromatic heterocycles. The molecule has 0 amide bonds. The number of fused-ring (bicyclic) bond motifs is 1. The number of hydrogen-bond acceptors (Lipinski definition) is 3. The van der Waals surface area contributed by atoms with E-state index in [1.807, 2.05) is 0 Å². The Labute approximate surface area is 99.0 Å². The first-order chi connectivity index (χ1) is 7.81. The maximum Gasteiger partial charge on any atom is 0.0446 e. The van der Waals surface area contributed by atoms with E-state index in [2.05, 4.69) is 4.90 Å². The van der Waals surface area contributed by atoms with Gasteiger partial charge in [0.2, 0.25) is 0 Å². The number of aliphatic hydroxyl groups is 1. The fourth-order valence-corrected chi connectivity index (χ4v) is 3.51. The summed E-state index contributed by atoms with van der Waals surface area (Å²) >= 11 is 0. The largest absolute Gasteiger partial charge is 0.396 e. The van der Waals surface area contributed by atoms with Crippen molar-refractivity contribution in [3.8, 4) is 0 Å². The van der Waals surface area contributed by atoms with Gasteiger partial charge in [0, 0.05) is 25.2 Å². The van der Waals surface area contributed by atoms with Gasteiger partial charge in [0.15, 0.2) is 0 Å². The lowest BCUT2D eigenvalue weighted by Crippen LogP contribution is -2.51. The molecule has 3 heteroatoms. The number of piperidine rings is 1. The number of aliphatic hydroxyl groups excluding tert-OH is 1. The van der Waals surface area contributed by atoms with Crippen molar-refractivity contribution in [2.24, 2.45) is 11.7 Å². The zero-order valence-corrected chi connectivity index (χ0v) is 10.3. The van der Waals surface area contributed by atoms with E-state index in [1.54, 1.807) is 0 Å². The molecular formula is C13H26N2O. The van der Waals surface area contributed by atoms with Crippen LogP contribution >= 0.6 is 0 Å². The molecular weight excluding hydrogens is 200 g/mol. The van der Waals surface area contributed by atoms with E-state index >= 15 is 0 Å². The minimum atomic E-state index is 0.158. The molecule has 2 aliphatic rings. The van der Waals surface area contributed by atoms with Gasteiger partial charge >= 0.3 is 0 Å². The molecule has 0 aromatic rings. The lowest BCUT2D eigenvalue weighted by molar-refractivity contribution is 0.0541. The summed E-state index contributed by atoms with van der Waals surface area (Å²) in [6.45, 7) is 2.44. The molecule has 0 bridgehead atoms. The van der Waals surface area contributed by atoms with E-state index in [0.717, 1.165) is 24.9 Å². The predicted octanol–water partition coefficient (Wildman–Crippen LogP) is 1.35. The summed E-state index contributed by atoms with van der Waals surface area (Å²) in [7, 11) is 0. The Hall–Kier alpha value is -0.120. The van der Waals surface area contributed by atoms with Gasteiger partial charge < -0.3 is 10.8 Å². The van der Waals surface area contributed by atoms with Crippen LogP contribution in [0.2, 0.25) is 0 Å². The van der Waals surface area contributed by atoms with E-state index in [-0.39, 0.29) is 12.6 Å². The van der Waals surface area contributed by atoms with Crippen LogP contribution in [0.3, 0.4) is 0 Å². The zero-order chi connectivity index (χ0) is 11.4. The average Bonchev–Trinajstić information content (AvgIpc) is 2.30. The Balaban J connectivity index is 1.87. The van der Waals surface area contributed by atoms with Crippen LogP contribution in [0.4, 0.5) is 0 Å². The Morgan fingerprint density at radius 3 is 2.75 bits per heavy atom. The number of hydrogen-bond donors (Lipinski definition) is 2. The Morgan fingerprint density at radius 1 is 1.19 bits per heavy atom. The molecule has 3 atom stereocenters. The molecule has 16 heavy (non-hydrogen) atoms. The fourth-order valence-electron chi connectivity index (χ4n) is 3.51. The van der Waals surface area contributed by atoms with Crippen LogP contribution < -0.4 is 5.73 Å². The summed E-state index contributed by atoms with van der Waals surface area (Å²) in [5.74, 6) is 0.934. The molecule has 1 aliphatic heterocycles. The third-order valence-electron chi connectivity index (χ3n) is 4.33. The first-order valence-corrected chi connectivity index (χ1v) is 6.91. The molecule has 0 spiro atoms. The van der Waals surface area contributed by atoms with Crippen molar-refractivity contribution in [1.82, 2.24) is 4.90 Å². The standard InChI is InChI=1S/C13H26N2O/c14-12(7-9-16)10-15-8-3-5-11-4-1-2-6-13(11)15/h11-13,16H,1-10,14H2. The second kappa shape index (κ2) is 5.99. The highest BCUT2D eigenvalue weighted by atomic mass is 16.3. The van der Waals surface area contributed by atoms with E-state index in [0.29, 0.717) is 0 Å². The number of rotatable bonds is 4. The predicted molar refractivity (Wildman–Crippen MR) is 66.2 cm³/mol. The third kappa shape index (κ3) is 2.96. The second-order valence-corrected chi connectivity index (χ2v) is 5.52. The number of nitrogens with two attached hydrogens (primary N) is 1. The van der Waals surface area contributed by atoms with Crippen LogP contribution in [0.5, 0.6) is 0 Å². The van der Waals surface area contributed by atoms with Gasteiger partial charge in [0.05, 0.1) is 0 Å². The fraction of sp³-hybridized carbons (Fsp3) is 1.00. The summed E-state index contributed by atoms with van der Waals surface area (Å²) in [6, 6.07) is 0.956. The Kier molecular flexibility index (Phi) is 4.62. The van der Waals surface area contributed by atoms with Crippen molar-refractivity contribution in [3.63, 3.8) is 0 Å². The van der Waals surface area contributed by atoms with Crippen LogP contribution in [0.15, 0.2) is 0 Å². The third-order valence-corrected chi connectivity index (χ3v) is 4.33. The SMILES string of the molecule is NC(CCO)CN1CCCC2CCCCC21. The second-order valence-electron chi connectivity index (χ2n) is 5.52. The Morgan fingerprint density at radius 2 is 1.94 bits per heavy atom. The normalized spacial score (nSPS) is 33.4. The molecule has 0 radical (unpaired) electrons. The summed E-state index contributed by atoms with van der Waals surface area (Å²) in [4.78, 5) is 2.60. The van der Waals surface area contributed by atoms with Crippen molar-refractivity contribution < 1.29 is 5.11 Å².